The van der Waals surface area contributed by atoms with E-state index in [1.54, 1.807) is 0 Å². The van der Waals surface area contributed by atoms with Crippen molar-refractivity contribution in [2.45, 2.75) is 46.1 Å². The Hall–Kier alpha value is -1.84. The van der Waals surface area contributed by atoms with Crippen LogP contribution in [0.1, 0.15) is 39.2 Å². The molecule has 120 valence electrons. The predicted molar refractivity (Wildman–Crippen MR) is 85.4 cm³/mol. The first kappa shape index (κ1) is 16.5. The van der Waals surface area contributed by atoms with E-state index in [0.29, 0.717) is 12.3 Å². The summed E-state index contributed by atoms with van der Waals surface area (Å²) in [6, 6.07) is 9.72. The van der Waals surface area contributed by atoms with Crippen molar-refractivity contribution >= 4 is 12.0 Å². The number of hydrogen-bond acceptors (Lipinski definition) is 3. The van der Waals surface area contributed by atoms with Crippen LogP contribution in [0, 0.1) is 11.8 Å². The number of benzene rings is 1. The fraction of sp³-hybridized carbons (Fsp3) is 0.556. The molecule has 1 aliphatic heterocycles. The van der Waals surface area contributed by atoms with Gasteiger partial charge in [-0.15, -0.1) is 0 Å². The normalized spacial score (nSPS) is 19.4. The number of ether oxygens (including phenoxy) is 1. The second-order valence-electron chi connectivity index (χ2n) is 6.36. The third-order valence-electron chi connectivity index (χ3n) is 4.11. The maximum atomic E-state index is 12.7. The Bertz CT molecular complexity index is 512. The molecule has 1 aromatic rings. The van der Waals surface area contributed by atoms with Gasteiger partial charge in [-0.2, -0.15) is 0 Å². The number of amides is 2. The summed E-state index contributed by atoms with van der Waals surface area (Å²) in [7, 11) is 0. The molecule has 1 aliphatic rings. The number of rotatable bonds is 6. The van der Waals surface area contributed by atoms with E-state index in [2.05, 4.69) is 13.8 Å². The molecule has 0 aliphatic carbocycles. The van der Waals surface area contributed by atoms with Crippen molar-refractivity contribution in [2.75, 3.05) is 6.61 Å². The molecule has 4 nitrogen and oxygen atoms in total. The van der Waals surface area contributed by atoms with E-state index in [0.717, 1.165) is 18.4 Å². The lowest BCUT2D eigenvalue weighted by Gasteiger charge is -2.25. The van der Waals surface area contributed by atoms with Crippen LogP contribution < -0.4 is 0 Å². The number of carbonyl (C=O) groups excluding carboxylic acids is 2. The van der Waals surface area contributed by atoms with Crippen molar-refractivity contribution in [1.29, 1.82) is 0 Å². The molecule has 0 aromatic heterocycles. The van der Waals surface area contributed by atoms with Crippen LogP contribution in [0.2, 0.25) is 0 Å². The van der Waals surface area contributed by atoms with Crippen LogP contribution in [0.4, 0.5) is 4.79 Å². The molecule has 1 fully saturated rings. The van der Waals surface area contributed by atoms with Gasteiger partial charge in [0.1, 0.15) is 6.61 Å². The highest BCUT2D eigenvalue weighted by Gasteiger charge is 2.40. The summed E-state index contributed by atoms with van der Waals surface area (Å²) < 4.78 is 5.14. The molecule has 2 amide bonds. The Kier molecular flexibility index (Phi) is 5.58. The summed E-state index contributed by atoms with van der Waals surface area (Å²) in [6.07, 6.45) is 1.71. The third kappa shape index (κ3) is 3.87. The van der Waals surface area contributed by atoms with Crippen molar-refractivity contribution in [2.24, 2.45) is 11.8 Å². The molecule has 2 atom stereocenters. The van der Waals surface area contributed by atoms with Crippen LogP contribution >= 0.6 is 0 Å². The maximum Gasteiger partial charge on any atom is 0.416 e. The van der Waals surface area contributed by atoms with Gasteiger partial charge in [0, 0.05) is 5.92 Å². The largest absolute Gasteiger partial charge is 0.447 e. The summed E-state index contributed by atoms with van der Waals surface area (Å²) in [5.41, 5.74) is 1.11. The average molecular weight is 303 g/mol. The standard InChI is InChI=1S/C18H25NO3/c1-4-15(10-13(2)3)17(20)19-16(12-22-18(19)21)11-14-8-6-5-7-9-14/h5-9,13,15-16H,4,10-12H2,1-3H3/t15-,16-/m0/s1. The first-order chi connectivity index (χ1) is 10.5. The van der Waals surface area contributed by atoms with Gasteiger partial charge in [-0.25, -0.2) is 9.69 Å². The Balaban J connectivity index is 2.11. The highest BCUT2D eigenvalue weighted by Crippen LogP contribution is 2.24. The van der Waals surface area contributed by atoms with Gasteiger partial charge < -0.3 is 4.74 Å². The molecule has 1 heterocycles. The van der Waals surface area contributed by atoms with Gasteiger partial charge in [-0.05, 0) is 30.7 Å². The molecule has 0 spiro atoms. The SMILES string of the molecule is CC[C@@H](CC(C)C)C(=O)N1C(=O)OC[C@@H]1Cc1ccccc1. The molecule has 1 aromatic carbocycles. The molecule has 0 bridgehead atoms. The van der Waals surface area contributed by atoms with Gasteiger partial charge in [0.2, 0.25) is 5.91 Å². The second kappa shape index (κ2) is 7.43. The summed E-state index contributed by atoms with van der Waals surface area (Å²) in [5.74, 6) is 0.239. The van der Waals surface area contributed by atoms with E-state index in [9.17, 15) is 9.59 Å². The van der Waals surface area contributed by atoms with Gasteiger partial charge in [0.05, 0.1) is 6.04 Å². The van der Waals surface area contributed by atoms with Crippen molar-refractivity contribution in [1.82, 2.24) is 4.90 Å². The van der Waals surface area contributed by atoms with Crippen molar-refractivity contribution < 1.29 is 14.3 Å². The fourth-order valence-electron chi connectivity index (χ4n) is 2.97. The fourth-order valence-corrected chi connectivity index (χ4v) is 2.97. The zero-order chi connectivity index (χ0) is 16.1. The minimum absolute atomic E-state index is 0.0837. The molecule has 22 heavy (non-hydrogen) atoms. The number of hydrogen-bond donors (Lipinski definition) is 0. The average Bonchev–Trinajstić information content (AvgIpc) is 2.85. The zero-order valence-corrected chi connectivity index (χ0v) is 13.6. The van der Waals surface area contributed by atoms with Crippen LogP contribution in [0.5, 0.6) is 0 Å². The Morgan fingerprint density at radius 1 is 1.32 bits per heavy atom. The summed E-state index contributed by atoms with van der Waals surface area (Å²) in [6.45, 7) is 6.48. The molecule has 1 saturated heterocycles. The van der Waals surface area contributed by atoms with E-state index in [-0.39, 0.29) is 24.5 Å². The van der Waals surface area contributed by atoms with E-state index in [4.69, 9.17) is 4.74 Å². The highest BCUT2D eigenvalue weighted by molar-refractivity contribution is 5.94. The van der Waals surface area contributed by atoms with Crippen LogP contribution in [0.15, 0.2) is 30.3 Å². The van der Waals surface area contributed by atoms with Crippen LogP contribution in [0.3, 0.4) is 0 Å². The monoisotopic (exact) mass is 303 g/mol. The number of carbonyl (C=O) groups is 2. The highest BCUT2D eigenvalue weighted by atomic mass is 16.6. The van der Waals surface area contributed by atoms with Crippen LogP contribution in [-0.4, -0.2) is 29.5 Å². The van der Waals surface area contributed by atoms with Gasteiger partial charge in [0.25, 0.3) is 0 Å². The molecule has 0 N–H and O–H groups in total. The molecule has 2 rings (SSSR count). The number of imide groups is 1. The van der Waals surface area contributed by atoms with E-state index in [1.165, 1.54) is 4.90 Å². The molecule has 0 unspecified atom stereocenters. The van der Waals surface area contributed by atoms with Crippen LogP contribution in [-0.2, 0) is 16.0 Å². The van der Waals surface area contributed by atoms with Crippen molar-refractivity contribution in [3.63, 3.8) is 0 Å². The minimum atomic E-state index is -0.492. The summed E-state index contributed by atoms with van der Waals surface area (Å²) in [5, 5.41) is 0. The molecular formula is C18H25NO3. The number of nitrogens with zero attached hydrogens (tertiary/aromatic N) is 1. The molecule has 0 radical (unpaired) electrons. The van der Waals surface area contributed by atoms with Gasteiger partial charge >= 0.3 is 6.09 Å². The van der Waals surface area contributed by atoms with E-state index < -0.39 is 6.09 Å². The zero-order valence-electron chi connectivity index (χ0n) is 13.6. The Labute approximate surface area is 132 Å². The summed E-state index contributed by atoms with van der Waals surface area (Å²) >= 11 is 0. The molecular weight excluding hydrogens is 278 g/mol. The van der Waals surface area contributed by atoms with Crippen molar-refractivity contribution in [3.8, 4) is 0 Å². The van der Waals surface area contributed by atoms with E-state index >= 15 is 0 Å². The smallest absolute Gasteiger partial charge is 0.416 e. The van der Waals surface area contributed by atoms with Crippen LogP contribution in [0.25, 0.3) is 0 Å². The van der Waals surface area contributed by atoms with Gasteiger partial charge in [0.15, 0.2) is 0 Å². The lowest BCUT2D eigenvalue weighted by atomic mass is 9.93. The molecule has 0 saturated carbocycles. The van der Waals surface area contributed by atoms with E-state index in [1.807, 2.05) is 37.3 Å². The molecule has 4 heteroatoms. The quantitative estimate of drug-likeness (QED) is 0.806. The lowest BCUT2D eigenvalue weighted by molar-refractivity contribution is -0.134. The Morgan fingerprint density at radius 2 is 2.00 bits per heavy atom. The minimum Gasteiger partial charge on any atom is -0.447 e. The summed E-state index contributed by atoms with van der Waals surface area (Å²) in [4.78, 5) is 26.1. The topological polar surface area (TPSA) is 46.6 Å². The first-order valence-corrected chi connectivity index (χ1v) is 8.06. The predicted octanol–water partition coefficient (Wildman–Crippen LogP) is 3.65. The number of cyclic esters (lactones) is 1. The Morgan fingerprint density at radius 3 is 2.59 bits per heavy atom. The van der Waals surface area contributed by atoms with Gasteiger partial charge in [-0.3, -0.25) is 4.79 Å². The first-order valence-electron chi connectivity index (χ1n) is 8.06. The maximum absolute atomic E-state index is 12.7. The third-order valence-corrected chi connectivity index (χ3v) is 4.11. The lowest BCUT2D eigenvalue weighted by Crippen LogP contribution is -2.43. The van der Waals surface area contributed by atoms with Crippen molar-refractivity contribution in [3.05, 3.63) is 35.9 Å². The second-order valence-corrected chi connectivity index (χ2v) is 6.36. The van der Waals surface area contributed by atoms with Gasteiger partial charge in [-0.1, -0.05) is 51.1 Å².